The Morgan fingerprint density at radius 3 is 1.41 bits per heavy atom. The molecule has 4 heteroatoms. The highest BCUT2D eigenvalue weighted by Crippen LogP contribution is 2.46. The fourth-order valence-electron chi connectivity index (χ4n) is 5.54. The van der Waals surface area contributed by atoms with Gasteiger partial charge in [-0.1, -0.05) is 72.8 Å². The fourth-order valence-corrected chi connectivity index (χ4v) is 5.54. The number of benzene rings is 6. The van der Waals surface area contributed by atoms with Gasteiger partial charge in [-0.2, -0.15) is 0 Å². The van der Waals surface area contributed by atoms with Crippen molar-refractivity contribution in [1.29, 1.82) is 0 Å². The van der Waals surface area contributed by atoms with E-state index in [-0.39, 0.29) is 5.75 Å². The van der Waals surface area contributed by atoms with Crippen LogP contribution in [0.4, 0.5) is 13.2 Å². The smallest absolute Gasteiger partial charge is 0.406 e. The van der Waals surface area contributed by atoms with Crippen LogP contribution < -0.4 is 4.74 Å². The summed E-state index contributed by atoms with van der Waals surface area (Å²) in [5.41, 5.74) is 8.85. The largest absolute Gasteiger partial charge is 0.573 e. The van der Waals surface area contributed by atoms with Crippen LogP contribution >= 0.6 is 0 Å². The average Bonchev–Trinajstić information content (AvgIpc) is 2.89. The molecular weight excluding hydrogens is 493 g/mol. The Bertz CT molecular complexity index is 1830. The van der Waals surface area contributed by atoms with E-state index in [4.69, 9.17) is 0 Å². The number of rotatable bonds is 3. The van der Waals surface area contributed by atoms with Gasteiger partial charge in [0.25, 0.3) is 0 Å². The van der Waals surface area contributed by atoms with Gasteiger partial charge in [-0.25, -0.2) is 0 Å². The van der Waals surface area contributed by atoms with Crippen molar-refractivity contribution < 1.29 is 17.9 Å². The summed E-state index contributed by atoms with van der Waals surface area (Å²) in [6.07, 6.45) is -4.73. The lowest BCUT2D eigenvalue weighted by Gasteiger charge is -2.21. The van der Waals surface area contributed by atoms with Crippen molar-refractivity contribution in [2.75, 3.05) is 0 Å². The van der Waals surface area contributed by atoms with Crippen LogP contribution in [0, 0.1) is 27.7 Å². The van der Waals surface area contributed by atoms with Crippen molar-refractivity contribution in [2.45, 2.75) is 34.1 Å². The Balaban J connectivity index is 1.73. The standard InChI is InChI=1S/C35H27F3O/c1-20-15-29-31(17-22(20)3)34(27-10-9-24-7-5-6-8-26(24)19-27)32-18-23(4)21(2)16-30(32)33(29)25-11-13-28(14-12-25)39-35(36,37)38/h5-19H,1-4H3. The molecule has 0 amide bonds. The Morgan fingerprint density at radius 1 is 0.487 bits per heavy atom. The second kappa shape index (κ2) is 9.16. The number of aryl methyl sites for hydroxylation is 4. The van der Waals surface area contributed by atoms with Crippen LogP contribution in [0.2, 0.25) is 0 Å². The van der Waals surface area contributed by atoms with E-state index in [1.807, 2.05) is 6.07 Å². The molecule has 194 valence electrons. The van der Waals surface area contributed by atoms with Crippen LogP contribution in [0.3, 0.4) is 0 Å². The van der Waals surface area contributed by atoms with Crippen molar-refractivity contribution in [2.24, 2.45) is 0 Å². The van der Waals surface area contributed by atoms with Crippen molar-refractivity contribution in [3.05, 3.63) is 113 Å². The molecule has 0 spiro atoms. The summed E-state index contributed by atoms with van der Waals surface area (Å²) in [6, 6.07) is 30.1. The van der Waals surface area contributed by atoms with Gasteiger partial charge in [0.1, 0.15) is 5.75 Å². The number of alkyl halides is 3. The van der Waals surface area contributed by atoms with Gasteiger partial charge in [0.05, 0.1) is 0 Å². The van der Waals surface area contributed by atoms with Gasteiger partial charge >= 0.3 is 6.36 Å². The summed E-state index contributed by atoms with van der Waals surface area (Å²) < 4.78 is 42.6. The summed E-state index contributed by atoms with van der Waals surface area (Å²) in [5.74, 6) is -0.230. The molecule has 6 rings (SSSR count). The van der Waals surface area contributed by atoms with E-state index >= 15 is 0 Å². The Kier molecular flexibility index (Phi) is 5.87. The van der Waals surface area contributed by atoms with Crippen LogP contribution in [0.5, 0.6) is 5.75 Å². The lowest BCUT2D eigenvalue weighted by molar-refractivity contribution is -0.274. The summed E-state index contributed by atoms with van der Waals surface area (Å²) in [5, 5.41) is 6.74. The van der Waals surface area contributed by atoms with Crippen molar-refractivity contribution >= 4 is 32.3 Å². The zero-order valence-corrected chi connectivity index (χ0v) is 22.2. The van der Waals surface area contributed by atoms with Gasteiger partial charge in [0.2, 0.25) is 0 Å². The predicted octanol–water partition coefficient (Wildman–Crippen LogP) is 10.6. The minimum atomic E-state index is -4.73. The van der Waals surface area contributed by atoms with Crippen molar-refractivity contribution in [1.82, 2.24) is 0 Å². The Hall–Kier alpha value is -4.31. The van der Waals surface area contributed by atoms with Crippen LogP contribution in [-0.4, -0.2) is 6.36 Å². The molecule has 0 aliphatic heterocycles. The van der Waals surface area contributed by atoms with Gasteiger partial charge in [-0.15, -0.1) is 13.2 Å². The van der Waals surface area contributed by atoms with E-state index in [0.717, 1.165) is 54.9 Å². The van der Waals surface area contributed by atoms with E-state index in [1.165, 1.54) is 34.0 Å². The highest BCUT2D eigenvalue weighted by molar-refractivity contribution is 6.22. The average molecular weight is 521 g/mol. The third-order valence-corrected chi connectivity index (χ3v) is 7.76. The lowest BCUT2D eigenvalue weighted by atomic mass is 9.83. The Morgan fingerprint density at radius 2 is 0.923 bits per heavy atom. The molecule has 0 bridgehead atoms. The first-order chi connectivity index (χ1) is 18.6. The molecule has 0 aliphatic carbocycles. The minimum absolute atomic E-state index is 0.230. The molecule has 0 heterocycles. The zero-order chi connectivity index (χ0) is 27.5. The highest BCUT2D eigenvalue weighted by atomic mass is 19.4. The molecular formula is C35H27F3O. The molecule has 6 aromatic carbocycles. The summed E-state index contributed by atoms with van der Waals surface area (Å²) in [6.45, 7) is 8.43. The summed E-state index contributed by atoms with van der Waals surface area (Å²) in [4.78, 5) is 0. The molecule has 0 radical (unpaired) electrons. The maximum Gasteiger partial charge on any atom is 0.573 e. The monoisotopic (exact) mass is 520 g/mol. The number of fused-ring (bicyclic) bond motifs is 3. The van der Waals surface area contributed by atoms with E-state index in [1.54, 1.807) is 12.1 Å². The predicted molar refractivity (Wildman–Crippen MR) is 155 cm³/mol. The SMILES string of the molecule is Cc1cc2c(-c3ccc(OC(F)(F)F)cc3)c3cc(C)c(C)cc3c(-c3ccc4ccccc4c3)c2cc1C. The maximum absolute atomic E-state index is 12.8. The molecule has 0 N–H and O–H groups in total. The van der Waals surface area contributed by atoms with Gasteiger partial charge in [0.15, 0.2) is 0 Å². The number of hydrogen-bond donors (Lipinski definition) is 0. The third kappa shape index (κ3) is 4.50. The lowest BCUT2D eigenvalue weighted by Crippen LogP contribution is -2.16. The highest BCUT2D eigenvalue weighted by Gasteiger charge is 2.31. The van der Waals surface area contributed by atoms with Gasteiger partial charge in [0, 0.05) is 0 Å². The molecule has 0 fully saturated rings. The first kappa shape index (κ1) is 25.0. The normalized spacial score (nSPS) is 12.0. The van der Waals surface area contributed by atoms with Gasteiger partial charge < -0.3 is 4.74 Å². The van der Waals surface area contributed by atoms with Crippen molar-refractivity contribution in [3.8, 4) is 28.0 Å². The third-order valence-electron chi connectivity index (χ3n) is 7.76. The van der Waals surface area contributed by atoms with Crippen LogP contribution in [0.15, 0.2) is 91.0 Å². The van der Waals surface area contributed by atoms with Crippen LogP contribution in [-0.2, 0) is 0 Å². The van der Waals surface area contributed by atoms with Gasteiger partial charge in [-0.3, -0.25) is 0 Å². The first-order valence-electron chi connectivity index (χ1n) is 12.9. The van der Waals surface area contributed by atoms with Crippen LogP contribution in [0.25, 0.3) is 54.6 Å². The summed E-state index contributed by atoms with van der Waals surface area (Å²) >= 11 is 0. The molecule has 1 nitrogen and oxygen atoms in total. The molecule has 39 heavy (non-hydrogen) atoms. The molecule has 6 aromatic rings. The first-order valence-corrected chi connectivity index (χ1v) is 12.9. The molecule has 0 saturated carbocycles. The van der Waals surface area contributed by atoms with E-state index in [2.05, 4.69) is 93.1 Å². The van der Waals surface area contributed by atoms with Crippen molar-refractivity contribution in [3.63, 3.8) is 0 Å². The number of ether oxygens (including phenoxy) is 1. The topological polar surface area (TPSA) is 9.23 Å². The Labute approximate surface area is 225 Å². The number of halogens is 3. The molecule has 0 atom stereocenters. The zero-order valence-electron chi connectivity index (χ0n) is 22.2. The second-order valence-electron chi connectivity index (χ2n) is 10.3. The molecule has 0 unspecified atom stereocenters. The van der Waals surface area contributed by atoms with E-state index in [9.17, 15) is 13.2 Å². The maximum atomic E-state index is 12.8. The molecule has 0 aliphatic rings. The van der Waals surface area contributed by atoms with Gasteiger partial charge in [-0.05, 0) is 123 Å². The molecule has 0 aromatic heterocycles. The van der Waals surface area contributed by atoms with E-state index < -0.39 is 6.36 Å². The molecule has 0 saturated heterocycles. The summed E-state index contributed by atoms with van der Waals surface area (Å²) in [7, 11) is 0. The van der Waals surface area contributed by atoms with E-state index in [0.29, 0.717) is 0 Å². The minimum Gasteiger partial charge on any atom is -0.406 e. The number of hydrogen-bond acceptors (Lipinski definition) is 1. The quantitative estimate of drug-likeness (QED) is 0.211. The second-order valence-corrected chi connectivity index (χ2v) is 10.3. The van der Waals surface area contributed by atoms with Crippen LogP contribution in [0.1, 0.15) is 22.3 Å². The fraction of sp³-hybridized carbons (Fsp3) is 0.143.